The van der Waals surface area contributed by atoms with Crippen LogP contribution in [0.1, 0.15) is 0 Å². The largest absolute Gasteiger partial charge is 0.306 e. The zero-order valence-corrected chi connectivity index (χ0v) is 28.5. The van der Waals surface area contributed by atoms with Crippen molar-refractivity contribution in [1.82, 2.24) is 24.5 Å². The lowest BCUT2D eigenvalue weighted by atomic mass is 10.00. The van der Waals surface area contributed by atoms with Crippen LogP contribution in [-0.2, 0) is 0 Å². The van der Waals surface area contributed by atoms with Crippen LogP contribution in [0.2, 0.25) is 0 Å². The molecule has 0 spiro atoms. The third-order valence-electron chi connectivity index (χ3n) is 10.1. The molecule has 7 aromatic carbocycles. The molecule has 4 heterocycles. The fraction of sp³-hybridized carbons (Fsp3) is 0. The molecule has 0 unspecified atom stereocenters. The van der Waals surface area contributed by atoms with Gasteiger partial charge in [-0.05, 0) is 56.9 Å². The van der Waals surface area contributed by atoms with Gasteiger partial charge >= 0.3 is 0 Å². The third-order valence-corrected chi connectivity index (χ3v) is 11.2. The molecule has 0 aliphatic carbocycles. The molecule has 0 saturated carbocycles. The Morgan fingerprint density at radius 2 is 1.04 bits per heavy atom. The molecule has 5 nitrogen and oxygen atoms in total. The zero-order chi connectivity index (χ0) is 34.2. The van der Waals surface area contributed by atoms with Gasteiger partial charge in [-0.3, -0.25) is 0 Å². The van der Waals surface area contributed by atoms with Gasteiger partial charge in [0.05, 0.1) is 34.8 Å². The van der Waals surface area contributed by atoms with Crippen LogP contribution in [0.25, 0.3) is 103 Å². The highest BCUT2D eigenvalue weighted by molar-refractivity contribution is 7.25. The number of rotatable bonds is 4. The van der Waals surface area contributed by atoms with Crippen molar-refractivity contribution in [3.05, 3.63) is 164 Å². The summed E-state index contributed by atoms with van der Waals surface area (Å²) in [6.07, 6.45) is 3.80. The molecule has 0 radical (unpaired) electrons. The molecule has 52 heavy (non-hydrogen) atoms. The Balaban J connectivity index is 1.10. The second-order valence-corrected chi connectivity index (χ2v) is 14.1. The minimum absolute atomic E-state index is 0.488. The monoisotopic (exact) mass is 681 g/mol. The molecule has 6 heteroatoms. The average Bonchev–Trinajstić information content (AvgIpc) is 3.77. The Hall–Kier alpha value is -6.76. The average molecular weight is 682 g/mol. The Morgan fingerprint density at radius 3 is 1.69 bits per heavy atom. The van der Waals surface area contributed by atoms with Crippen molar-refractivity contribution in [3.8, 4) is 39.7 Å². The SMILES string of the molecule is c1ccc(-c2ccc3sc4nc(-c5ncc(-n6c7ccc8ccccc8c7c7c8ccccc8ccc76)cn5)nc(-c5ccccc5)c4c3c2)cc1. The van der Waals surface area contributed by atoms with Crippen LogP contribution in [0.4, 0.5) is 0 Å². The first-order valence-corrected chi connectivity index (χ1v) is 18.1. The van der Waals surface area contributed by atoms with E-state index < -0.39 is 0 Å². The van der Waals surface area contributed by atoms with Crippen molar-refractivity contribution in [2.75, 3.05) is 0 Å². The molecule has 0 fully saturated rings. The molecule has 0 saturated heterocycles. The summed E-state index contributed by atoms with van der Waals surface area (Å²) in [5.41, 5.74) is 7.37. The molecule has 0 amide bonds. The lowest BCUT2D eigenvalue weighted by Gasteiger charge is -2.10. The predicted octanol–water partition coefficient (Wildman–Crippen LogP) is 12.0. The van der Waals surface area contributed by atoms with Crippen LogP contribution in [0.3, 0.4) is 0 Å². The predicted molar refractivity (Wildman–Crippen MR) is 216 cm³/mol. The molecule has 0 aliphatic heterocycles. The van der Waals surface area contributed by atoms with Crippen LogP contribution in [-0.4, -0.2) is 24.5 Å². The van der Waals surface area contributed by atoms with Crippen LogP contribution in [0.15, 0.2) is 164 Å². The van der Waals surface area contributed by atoms with E-state index in [0.717, 1.165) is 43.6 Å². The van der Waals surface area contributed by atoms with Gasteiger partial charge in [-0.1, -0.05) is 127 Å². The van der Waals surface area contributed by atoms with Crippen molar-refractivity contribution in [3.63, 3.8) is 0 Å². The second kappa shape index (κ2) is 11.4. The topological polar surface area (TPSA) is 56.5 Å². The Labute approximate surface area is 302 Å². The van der Waals surface area contributed by atoms with E-state index >= 15 is 0 Å². The zero-order valence-electron chi connectivity index (χ0n) is 27.7. The normalized spacial score (nSPS) is 11.8. The maximum atomic E-state index is 5.19. The second-order valence-electron chi connectivity index (χ2n) is 13.1. The van der Waals surface area contributed by atoms with Gasteiger partial charge in [0.25, 0.3) is 0 Å². The Morgan fingerprint density at radius 1 is 0.442 bits per heavy atom. The molecule has 0 aliphatic rings. The van der Waals surface area contributed by atoms with Crippen LogP contribution >= 0.6 is 11.3 Å². The van der Waals surface area contributed by atoms with E-state index in [2.05, 4.69) is 144 Å². The third kappa shape index (κ3) is 4.41. The highest BCUT2D eigenvalue weighted by Crippen LogP contribution is 2.42. The van der Waals surface area contributed by atoms with E-state index in [1.807, 2.05) is 24.5 Å². The minimum atomic E-state index is 0.488. The van der Waals surface area contributed by atoms with Crippen LogP contribution in [0.5, 0.6) is 0 Å². The van der Waals surface area contributed by atoms with E-state index in [-0.39, 0.29) is 0 Å². The first-order chi connectivity index (χ1) is 25.8. The number of hydrogen-bond donors (Lipinski definition) is 0. The number of fused-ring (bicyclic) bond motifs is 10. The van der Waals surface area contributed by atoms with Gasteiger partial charge < -0.3 is 4.57 Å². The molecule has 4 aromatic heterocycles. The summed E-state index contributed by atoms with van der Waals surface area (Å²) in [6, 6.07) is 53.6. The lowest BCUT2D eigenvalue weighted by molar-refractivity contribution is 1.05. The molecule has 11 aromatic rings. The van der Waals surface area contributed by atoms with Gasteiger partial charge in [-0.15, -0.1) is 11.3 Å². The van der Waals surface area contributed by atoms with Crippen molar-refractivity contribution >= 4 is 75.0 Å². The maximum Gasteiger partial charge on any atom is 0.199 e. The van der Waals surface area contributed by atoms with Crippen molar-refractivity contribution in [2.45, 2.75) is 0 Å². The standard InChI is InChI=1S/C46H27N5S/c1-3-11-28(12-4-1)32-21-24-39-36(25-32)42-43(31-15-5-2-6-16-31)49-45(50-46(42)52-39)44-47-26-33(27-48-44)51-37-22-19-29-13-7-9-17-34(29)40(37)41-35-18-10-8-14-30(35)20-23-38(41)51/h1-27H. The molecular formula is C46H27N5S. The van der Waals surface area contributed by atoms with Gasteiger partial charge in [-0.25, -0.2) is 19.9 Å². The van der Waals surface area contributed by atoms with Crippen molar-refractivity contribution in [1.29, 1.82) is 0 Å². The first kappa shape index (κ1) is 29.0. The lowest BCUT2D eigenvalue weighted by Crippen LogP contribution is -2.00. The molecule has 11 rings (SSSR count). The summed E-state index contributed by atoms with van der Waals surface area (Å²) in [6.45, 7) is 0. The summed E-state index contributed by atoms with van der Waals surface area (Å²) < 4.78 is 3.45. The van der Waals surface area contributed by atoms with Gasteiger partial charge in [0.1, 0.15) is 4.83 Å². The van der Waals surface area contributed by atoms with Gasteiger partial charge in [0, 0.05) is 31.8 Å². The maximum absolute atomic E-state index is 5.19. The summed E-state index contributed by atoms with van der Waals surface area (Å²) in [5, 5.41) is 9.55. The highest BCUT2D eigenvalue weighted by atomic mass is 32.1. The molecule has 242 valence electrons. The Kier molecular flexibility index (Phi) is 6.35. The number of nitrogens with zero attached hydrogens (tertiary/aromatic N) is 5. The van der Waals surface area contributed by atoms with Crippen LogP contribution < -0.4 is 0 Å². The van der Waals surface area contributed by atoms with Crippen molar-refractivity contribution < 1.29 is 0 Å². The summed E-state index contributed by atoms with van der Waals surface area (Å²) in [5.74, 6) is 0.994. The van der Waals surface area contributed by atoms with E-state index in [0.29, 0.717) is 11.6 Å². The molecule has 0 atom stereocenters. The quantitative estimate of drug-likeness (QED) is 0.185. The Bertz CT molecular complexity index is 3070. The summed E-state index contributed by atoms with van der Waals surface area (Å²) in [4.78, 5) is 21.1. The molecular weight excluding hydrogens is 655 g/mol. The number of thiophene rings is 1. The molecule has 0 N–H and O–H groups in total. The molecule has 0 bridgehead atoms. The first-order valence-electron chi connectivity index (χ1n) is 17.3. The minimum Gasteiger partial charge on any atom is -0.306 e. The van der Waals surface area contributed by atoms with Crippen molar-refractivity contribution in [2.24, 2.45) is 0 Å². The fourth-order valence-electron chi connectivity index (χ4n) is 7.77. The van der Waals surface area contributed by atoms with Gasteiger partial charge in [0.15, 0.2) is 11.6 Å². The van der Waals surface area contributed by atoms with E-state index in [9.17, 15) is 0 Å². The van der Waals surface area contributed by atoms with Gasteiger partial charge in [0.2, 0.25) is 0 Å². The van der Waals surface area contributed by atoms with Gasteiger partial charge in [-0.2, -0.15) is 0 Å². The summed E-state index contributed by atoms with van der Waals surface area (Å²) >= 11 is 1.68. The van der Waals surface area contributed by atoms with E-state index in [1.54, 1.807) is 11.3 Å². The highest BCUT2D eigenvalue weighted by Gasteiger charge is 2.20. The number of benzene rings is 7. The summed E-state index contributed by atoms with van der Waals surface area (Å²) in [7, 11) is 0. The van der Waals surface area contributed by atoms with Crippen LogP contribution in [0, 0.1) is 0 Å². The number of aromatic nitrogens is 5. The fourth-order valence-corrected chi connectivity index (χ4v) is 8.82. The van der Waals surface area contributed by atoms with E-state index in [1.165, 1.54) is 48.1 Å². The smallest absolute Gasteiger partial charge is 0.199 e. The van der Waals surface area contributed by atoms with E-state index in [4.69, 9.17) is 19.9 Å². The number of hydrogen-bond acceptors (Lipinski definition) is 5.